The minimum atomic E-state index is 0.450. The molecule has 0 saturated carbocycles. The van der Waals surface area contributed by atoms with E-state index in [0.717, 1.165) is 11.3 Å². The molecule has 1 aromatic heterocycles. The zero-order chi connectivity index (χ0) is 14.5. The Morgan fingerprint density at radius 1 is 1.00 bits per heavy atom. The predicted octanol–water partition coefficient (Wildman–Crippen LogP) is 3.93. The molecule has 3 aromatic rings. The Morgan fingerprint density at radius 3 is 2.57 bits per heavy atom. The molecule has 4 nitrogen and oxygen atoms in total. The molecular weight excluding hydrogens is 286 g/mol. The molecule has 0 atom stereocenters. The van der Waals surface area contributed by atoms with E-state index >= 15 is 0 Å². The third-order valence-corrected chi connectivity index (χ3v) is 3.35. The summed E-state index contributed by atoms with van der Waals surface area (Å²) in [5.41, 5.74) is 2.01. The van der Waals surface area contributed by atoms with Gasteiger partial charge in [0.1, 0.15) is 0 Å². The molecular formula is C16H14ClN3O. The van der Waals surface area contributed by atoms with Crippen LogP contribution in [0, 0.1) is 0 Å². The van der Waals surface area contributed by atoms with Crippen LogP contribution in [0.25, 0.3) is 0 Å². The molecule has 0 fully saturated rings. The van der Waals surface area contributed by atoms with Gasteiger partial charge in [0.05, 0.1) is 17.3 Å². The Morgan fingerprint density at radius 2 is 1.76 bits per heavy atom. The van der Waals surface area contributed by atoms with Gasteiger partial charge in [0.2, 0.25) is 5.89 Å². The molecule has 2 aromatic carbocycles. The molecule has 0 aliphatic rings. The van der Waals surface area contributed by atoms with Crippen molar-refractivity contribution in [3.63, 3.8) is 0 Å². The molecule has 0 bridgehead atoms. The van der Waals surface area contributed by atoms with Gasteiger partial charge in [0.15, 0.2) is 5.82 Å². The molecule has 0 aliphatic carbocycles. The lowest BCUT2D eigenvalue weighted by atomic mass is 10.1. The molecule has 1 heterocycles. The highest BCUT2D eigenvalue weighted by Crippen LogP contribution is 2.20. The third kappa shape index (κ3) is 3.61. The van der Waals surface area contributed by atoms with Gasteiger partial charge in [-0.15, -0.1) is 0 Å². The van der Waals surface area contributed by atoms with E-state index in [1.807, 2.05) is 54.6 Å². The second-order valence-electron chi connectivity index (χ2n) is 4.60. The average molecular weight is 300 g/mol. The monoisotopic (exact) mass is 299 g/mol. The van der Waals surface area contributed by atoms with Crippen molar-refractivity contribution in [2.45, 2.75) is 13.0 Å². The molecule has 0 saturated heterocycles. The van der Waals surface area contributed by atoms with Gasteiger partial charge < -0.3 is 9.84 Å². The Kier molecular flexibility index (Phi) is 4.17. The Balaban J connectivity index is 1.62. The predicted molar refractivity (Wildman–Crippen MR) is 82.3 cm³/mol. The van der Waals surface area contributed by atoms with E-state index in [-0.39, 0.29) is 0 Å². The van der Waals surface area contributed by atoms with Crippen LogP contribution >= 0.6 is 11.6 Å². The first-order valence-electron chi connectivity index (χ1n) is 6.65. The maximum absolute atomic E-state index is 6.07. The molecule has 0 amide bonds. The van der Waals surface area contributed by atoms with Crippen LogP contribution in [-0.4, -0.2) is 10.1 Å². The van der Waals surface area contributed by atoms with Crippen LogP contribution in [0.4, 0.5) is 5.69 Å². The van der Waals surface area contributed by atoms with Gasteiger partial charge in [-0.05, 0) is 17.7 Å². The Labute approximate surface area is 127 Å². The zero-order valence-corrected chi connectivity index (χ0v) is 12.0. The topological polar surface area (TPSA) is 51.0 Å². The minimum Gasteiger partial charge on any atom is -0.375 e. The van der Waals surface area contributed by atoms with Gasteiger partial charge >= 0.3 is 0 Å². The first kappa shape index (κ1) is 13.6. The van der Waals surface area contributed by atoms with Crippen LogP contribution in [0.3, 0.4) is 0 Å². The van der Waals surface area contributed by atoms with E-state index in [1.165, 1.54) is 0 Å². The lowest BCUT2D eigenvalue weighted by Crippen LogP contribution is -2.00. The lowest BCUT2D eigenvalue weighted by Gasteiger charge is -2.04. The number of hydrogen-bond donors (Lipinski definition) is 1. The van der Waals surface area contributed by atoms with E-state index in [9.17, 15) is 0 Å². The molecule has 0 aliphatic heterocycles. The number of halogens is 1. The number of nitrogens with zero attached hydrogens (tertiary/aromatic N) is 2. The van der Waals surface area contributed by atoms with Crippen molar-refractivity contribution in [1.82, 2.24) is 10.1 Å². The SMILES string of the molecule is Clc1ccccc1NCc1nc(Cc2ccccc2)no1. The summed E-state index contributed by atoms with van der Waals surface area (Å²) in [6, 6.07) is 17.6. The molecule has 0 unspecified atom stereocenters. The van der Waals surface area contributed by atoms with Crippen LogP contribution < -0.4 is 5.32 Å². The fourth-order valence-electron chi connectivity index (χ4n) is 1.99. The number of benzene rings is 2. The van der Waals surface area contributed by atoms with Crippen LogP contribution in [0.1, 0.15) is 17.3 Å². The average Bonchev–Trinajstić information content (AvgIpc) is 2.95. The second kappa shape index (κ2) is 6.41. The largest absolute Gasteiger partial charge is 0.375 e. The van der Waals surface area contributed by atoms with Crippen LogP contribution in [0.15, 0.2) is 59.1 Å². The van der Waals surface area contributed by atoms with Crippen molar-refractivity contribution in [2.75, 3.05) is 5.32 Å². The van der Waals surface area contributed by atoms with Crippen LogP contribution in [-0.2, 0) is 13.0 Å². The number of hydrogen-bond acceptors (Lipinski definition) is 4. The highest BCUT2D eigenvalue weighted by atomic mass is 35.5. The summed E-state index contributed by atoms with van der Waals surface area (Å²) in [5.74, 6) is 1.22. The van der Waals surface area contributed by atoms with Gasteiger partial charge in [-0.1, -0.05) is 59.2 Å². The van der Waals surface area contributed by atoms with E-state index in [1.54, 1.807) is 0 Å². The summed E-state index contributed by atoms with van der Waals surface area (Å²) in [4.78, 5) is 4.37. The van der Waals surface area contributed by atoms with Crippen molar-refractivity contribution < 1.29 is 4.52 Å². The molecule has 21 heavy (non-hydrogen) atoms. The quantitative estimate of drug-likeness (QED) is 0.775. The van der Waals surface area contributed by atoms with Crippen molar-refractivity contribution in [3.8, 4) is 0 Å². The molecule has 0 radical (unpaired) electrons. The van der Waals surface area contributed by atoms with Gasteiger partial charge in [-0.25, -0.2) is 0 Å². The van der Waals surface area contributed by atoms with Crippen LogP contribution in [0.5, 0.6) is 0 Å². The lowest BCUT2D eigenvalue weighted by molar-refractivity contribution is 0.378. The van der Waals surface area contributed by atoms with Crippen molar-refractivity contribution in [1.29, 1.82) is 0 Å². The third-order valence-electron chi connectivity index (χ3n) is 3.02. The zero-order valence-electron chi connectivity index (χ0n) is 11.3. The number of para-hydroxylation sites is 1. The summed E-state index contributed by atoms with van der Waals surface area (Å²) in [6.07, 6.45) is 0.663. The van der Waals surface area contributed by atoms with E-state index < -0.39 is 0 Å². The first-order valence-corrected chi connectivity index (χ1v) is 7.03. The van der Waals surface area contributed by atoms with E-state index in [2.05, 4.69) is 15.5 Å². The van der Waals surface area contributed by atoms with Crippen molar-refractivity contribution >= 4 is 17.3 Å². The summed E-state index contributed by atoms with van der Waals surface area (Å²) < 4.78 is 5.23. The Bertz CT molecular complexity index is 712. The fraction of sp³-hybridized carbons (Fsp3) is 0.125. The summed E-state index contributed by atoms with van der Waals surface area (Å²) in [6.45, 7) is 0.450. The maximum atomic E-state index is 6.07. The van der Waals surface area contributed by atoms with Gasteiger partial charge in [-0.2, -0.15) is 4.98 Å². The summed E-state index contributed by atoms with van der Waals surface area (Å²) in [5, 5.41) is 7.83. The highest BCUT2D eigenvalue weighted by Gasteiger charge is 2.07. The van der Waals surface area contributed by atoms with Crippen molar-refractivity contribution in [3.05, 3.63) is 76.9 Å². The van der Waals surface area contributed by atoms with E-state index in [4.69, 9.17) is 16.1 Å². The van der Waals surface area contributed by atoms with Gasteiger partial charge in [-0.3, -0.25) is 0 Å². The number of nitrogens with one attached hydrogen (secondary N) is 1. The molecule has 5 heteroatoms. The smallest absolute Gasteiger partial charge is 0.245 e. The maximum Gasteiger partial charge on any atom is 0.245 e. The summed E-state index contributed by atoms with van der Waals surface area (Å²) >= 11 is 6.07. The second-order valence-corrected chi connectivity index (χ2v) is 5.01. The number of aromatic nitrogens is 2. The summed E-state index contributed by atoms with van der Waals surface area (Å²) in [7, 11) is 0. The molecule has 3 rings (SSSR count). The number of rotatable bonds is 5. The van der Waals surface area contributed by atoms with Gasteiger partial charge in [0.25, 0.3) is 0 Å². The molecule has 0 spiro atoms. The molecule has 106 valence electrons. The van der Waals surface area contributed by atoms with Gasteiger partial charge in [0, 0.05) is 6.42 Å². The normalized spacial score (nSPS) is 10.5. The van der Waals surface area contributed by atoms with Crippen molar-refractivity contribution in [2.24, 2.45) is 0 Å². The minimum absolute atomic E-state index is 0.450. The highest BCUT2D eigenvalue weighted by molar-refractivity contribution is 6.33. The van der Waals surface area contributed by atoms with Crippen LogP contribution in [0.2, 0.25) is 5.02 Å². The van der Waals surface area contributed by atoms with E-state index in [0.29, 0.717) is 29.7 Å². The molecule has 1 N–H and O–H groups in total. The Hall–Kier alpha value is -2.33. The standard InChI is InChI=1S/C16H14ClN3O/c17-13-8-4-5-9-14(13)18-11-16-19-15(20-21-16)10-12-6-2-1-3-7-12/h1-9,18H,10-11H2. The first-order chi connectivity index (χ1) is 10.3. The fourth-order valence-corrected chi connectivity index (χ4v) is 2.19. The number of anilines is 1.